The van der Waals surface area contributed by atoms with Crippen LogP contribution >= 0.6 is 0 Å². The topological polar surface area (TPSA) is 79.3 Å². The highest BCUT2D eigenvalue weighted by molar-refractivity contribution is 5.97. The third-order valence-corrected chi connectivity index (χ3v) is 5.79. The van der Waals surface area contributed by atoms with E-state index in [2.05, 4.69) is 38.8 Å². The number of hydrogen-bond acceptors (Lipinski definition) is 4. The number of benzene rings is 2. The molecule has 1 aromatic heterocycles. The minimum atomic E-state index is -0.435. The van der Waals surface area contributed by atoms with Crippen molar-refractivity contribution in [2.45, 2.75) is 38.9 Å². The predicted octanol–water partition coefficient (Wildman–Crippen LogP) is 3.47. The van der Waals surface area contributed by atoms with Gasteiger partial charge in [0.15, 0.2) is 0 Å². The molecule has 2 N–H and O–H groups in total. The molecule has 0 fully saturated rings. The van der Waals surface area contributed by atoms with Gasteiger partial charge >= 0.3 is 0 Å². The van der Waals surface area contributed by atoms with E-state index in [0.717, 1.165) is 19.5 Å². The Morgan fingerprint density at radius 1 is 0.903 bits per heavy atom. The van der Waals surface area contributed by atoms with Crippen LogP contribution in [0.25, 0.3) is 0 Å². The molecule has 1 aliphatic rings. The molecule has 0 saturated heterocycles. The van der Waals surface area contributed by atoms with Crippen molar-refractivity contribution < 1.29 is 9.59 Å². The van der Waals surface area contributed by atoms with Gasteiger partial charge in [-0.25, -0.2) is 0 Å². The lowest BCUT2D eigenvalue weighted by atomic mass is 9.99. The lowest BCUT2D eigenvalue weighted by Crippen LogP contribution is -2.44. The van der Waals surface area contributed by atoms with Crippen molar-refractivity contribution in [2.24, 2.45) is 0 Å². The van der Waals surface area contributed by atoms with Gasteiger partial charge in [0.2, 0.25) is 11.8 Å². The summed E-state index contributed by atoms with van der Waals surface area (Å²) in [6.07, 6.45) is 4.34. The van der Waals surface area contributed by atoms with Crippen LogP contribution in [0.15, 0.2) is 67.0 Å². The van der Waals surface area contributed by atoms with Crippen molar-refractivity contribution >= 4 is 23.2 Å². The van der Waals surface area contributed by atoms with E-state index < -0.39 is 6.04 Å². The largest absolute Gasteiger partial charge is 0.325 e. The van der Waals surface area contributed by atoms with Crippen molar-refractivity contribution in [2.75, 3.05) is 17.2 Å². The SMILES string of the molecule is CC(C(=O)Nc1cccc(NC(=O)C(C)n2cccn2)c1)N1CCc2ccccc2C1. The number of carbonyl (C=O) groups is 2. The molecule has 0 aliphatic carbocycles. The number of fused-ring (bicyclic) bond motifs is 1. The van der Waals surface area contributed by atoms with Crippen LogP contribution in [0, 0.1) is 0 Å². The van der Waals surface area contributed by atoms with E-state index >= 15 is 0 Å². The van der Waals surface area contributed by atoms with Crippen molar-refractivity contribution in [3.8, 4) is 0 Å². The molecule has 0 bridgehead atoms. The van der Waals surface area contributed by atoms with Gasteiger partial charge < -0.3 is 10.6 Å². The molecule has 7 heteroatoms. The van der Waals surface area contributed by atoms with E-state index in [-0.39, 0.29) is 17.9 Å². The van der Waals surface area contributed by atoms with Crippen molar-refractivity contribution in [3.63, 3.8) is 0 Å². The molecule has 2 atom stereocenters. The van der Waals surface area contributed by atoms with E-state index in [1.807, 2.05) is 25.1 Å². The average molecular weight is 418 g/mol. The standard InChI is InChI=1S/C24H27N5O2/c1-17(28-14-11-19-7-3-4-8-20(19)16-28)23(30)26-21-9-5-10-22(15-21)27-24(31)18(2)29-13-6-12-25-29/h3-10,12-13,15,17-18H,11,14,16H2,1-2H3,(H,26,30)(H,27,31). The molecule has 3 aromatic rings. The first-order valence-corrected chi connectivity index (χ1v) is 10.5. The Labute approximate surface area is 182 Å². The Balaban J connectivity index is 1.37. The van der Waals surface area contributed by atoms with Crippen LogP contribution in [0.5, 0.6) is 0 Å². The Hall–Kier alpha value is -3.45. The number of anilines is 2. The summed E-state index contributed by atoms with van der Waals surface area (Å²) in [6, 6.07) is 16.7. The zero-order chi connectivity index (χ0) is 21.8. The number of hydrogen-bond donors (Lipinski definition) is 2. The highest BCUT2D eigenvalue weighted by Gasteiger charge is 2.25. The third kappa shape index (κ3) is 4.83. The lowest BCUT2D eigenvalue weighted by Gasteiger charge is -2.32. The molecule has 2 heterocycles. The molecule has 0 spiro atoms. The van der Waals surface area contributed by atoms with Crippen LogP contribution in [-0.4, -0.2) is 39.1 Å². The third-order valence-electron chi connectivity index (χ3n) is 5.79. The summed E-state index contributed by atoms with van der Waals surface area (Å²) < 4.78 is 1.60. The zero-order valence-corrected chi connectivity index (χ0v) is 17.8. The minimum absolute atomic E-state index is 0.0623. The molecule has 31 heavy (non-hydrogen) atoms. The van der Waals surface area contributed by atoms with Gasteiger partial charge in [0.1, 0.15) is 6.04 Å². The number of amides is 2. The van der Waals surface area contributed by atoms with Gasteiger partial charge in [0, 0.05) is 36.9 Å². The molecule has 2 aromatic carbocycles. The number of nitrogens with zero attached hydrogens (tertiary/aromatic N) is 3. The highest BCUT2D eigenvalue weighted by atomic mass is 16.2. The fraction of sp³-hybridized carbons (Fsp3) is 0.292. The normalized spacial score (nSPS) is 15.5. The number of carbonyl (C=O) groups excluding carboxylic acids is 2. The first-order valence-electron chi connectivity index (χ1n) is 10.5. The van der Waals surface area contributed by atoms with Crippen LogP contribution < -0.4 is 10.6 Å². The highest BCUT2D eigenvalue weighted by Crippen LogP contribution is 2.22. The summed E-state index contributed by atoms with van der Waals surface area (Å²) in [5.41, 5.74) is 3.92. The fourth-order valence-corrected chi connectivity index (χ4v) is 3.81. The molecule has 160 valence electrons. The maximum Gasteiger partial charge on any atom is 0.248 e. The molecule has 0 saturated carbocycles. The Bertz CT molecular complexity index is 1060. The Kier molecular flexibility index (Phi) is 6.13. The van der Waals surface area contributed by atoms with Crippen LogP contribution in [0.4, 0.5) is 11.4 Å². The van der Waals surface area contributed by atoms with Gasteiger partial charge in [-0.05, 0) is 55.7 Å². The summed E-state index contributed by atoms with van der Waals surface area (Å²) in [6.45, 7) is 5.34. The average Bonchev–Trinajstić information content (AvgIpc) is 3.33. The first kappa shape index (κ1) is 20.8. The summed E-state index contributed by atoms with van der Waals surface area (Å²) in [7, 11) is 0. The summed E-state index contributed by atoms with van der Waals surface area (Å²) in [5.74, 6) is -0.236. The van der Waals surface area contributed by atoms with E-state index in [0.29, 0.717) is 11.4 Å². The van der Waals surface area contributed by atoms with Gasteiger partial charge in [-0.1, -0.05) is 30.3 Å². The molecular formula is C24H27N5O2. The summed E-state index contributed by atoms with van der Waals surface area (Å²) in [5, 5.41) is 9.98. The summed E-state index contributed by atoms with van der Waals surface area (Å²) >= 11 is 0. The second-order valence-electron chi connectivity index (χ2n) is 7.89. The quantitative estimate of drug-likeness (QED) is 0.644. The summed E-state index contributed by atoms with van der Waals surface area (Å²) in [4.78, 5) is 27.6. The Morgan fingerprint density at radius 2 is 1.58 bits per heavy atom. The number of rotatable bonds is 6. The smallest absolute Gasteiger partial charge is 0.248 e. The van der Waals surface area contributed by atoms with E-state index in [4.69, 9.17) is 0 Å². The van der Waals surface area contributed by atoms with E-state index in [1.165, 1.54) is 11.1 Å². The van der Waals surface area contributed by atoms with Crippen LogP contribution in [0.2, 0.25) is 0 Å². The molecule has 1 aliphatic heterocycles. The van der Waals surface area contributed by atoms with Crippen molar-refractivity contribution in [3.05, 3.63) is 78.1 Å². The predicted molar refractivity (Wildman–Crippen MR) is 121 cm³/mol. The molecular weight excluding hydrogens is 390 g/mol. The molecule has 7 nitrogen and oxygen atoms in total. The van der Waals surface area contributed by atoms with Gasteiger partial charge in [0.05, 0.1) is 6.04 Å². The Morgan fingerprint density at radius 3 is 2.26 bits per heavy atom. The maximum absolute atomic E-state index is 12.9. The van der Waals surface area contributed by atoms with Crippen LogP contribution in [0.3, 0.4) is 0 Å². The zero-order valence-electron chi connectivity index (χ0n) is 17.8. The minimum Gasteiger partial charge on any atom is -0.325 e. The second-order valence-corrected chi connectivity index (χ2v) is 7.89. The maximum atomic E-state index is 12.9. The number of aromatic nitrogens is 2. The van der Waals surface area contributed by atoms with Crippen LogP contribution in [-0.2, 0) is 22.6 Å². The van der Waals surface area contributed by atoms with Crippen molar-refractivity contribution in [1.82, 2.24) is 14.7 Å². The number of nitrogens with one attached hydrogen (secondary N) is 2. The van der Waals surface area contributed by atoms with Crippen LogP contribution in [0.1, 0.15) is 31.0 Å². The molecule has 0 radical (unpaired) electrons. The first-order chi connectivity index (χ1) is 15.0. The molecule has 2 unspecified atom stereocenters. The fourth-order valence-electron chi connectivity index (χ4n) is 3.81. The van der Waals surface area contributed by atoms with E-state index in [1.54, 1.807) is 42.2 Å². The molecule has 2 amide bonds. The lowest BCUT2D eigenvalue weighted by molar-refractivity contribution is -0.121. The van der Waals surface area contributed by atoms with E-state index in [9.17, 15) is 9.59 Å². The van der Waals surface area contributed by atoms with Gasteiger partial charge in [-0.2, -0.15) is 5.10 Å². The second kappa shape index (κ2) is 9.14. The molecule has 4 rings (SSSR count). The van der Waals surface area contributed by atoms with Gasteiger partial charge in [-0.3, -0.25) is 19.2 Å². The monoisotopic (exact) mass is 417 g/mol. The van der Waals surface area contributed by atoms with Gasteiger partial charge in [0.25, 0.3) is 0 Å². The van der Waals surface area contributed by atoms with Crippen molar-refractivity contribution in [1.29, 1.82) is 0 Å². The van der Waals surface area contributed by atoms with Gasteiger partial charge in [-0.15, -0.1) is 0 Å².